The number of hydrogen-bond acceptors (Lipinski definition) is 6. The highest BCUT2D eigenvalue weighted by molar-refractivity contribution is 5.71. The van der Waals surface area contributed by atoms with Crippen LogP contribution in [0.5, 0.6) is 0 Å². The summed E-state index contributed by atoms with van der Waals surface area (Å²) in [7, 11) is 0. The molecule has 0 aliphatic rings. The third-order valence-corrected chi connectivity index (χ3v) is 15.5. The van der Waals surface area contributed by atoms with E-state index in [9.17, 15) is 14.4 Å². The van der Waals surface area contributed by atoms with Crippen LogP contribution >= 0.6 is 0 Å². The Morgan fingerprint density at radius 3 is 0.676 bits per heavy atom. The summed E-state index contributed by atoms with van der Waals surface area (Å²) in [6.45, 7) is 6.63. The third-order valence-electron chi connectivity index (χ3n) is 15.5. The van der Waals surface area contributed by atoms with Crippen LogP contribution in [0.25, 0.3) is 0 Å². The number of esters is 3. The molecule has 74 heavy (non-hydrogen) atoms. The van der Waals surface area contributed by atoms with E-state index >= 15 is 0 Å². The SMILES string of the molecule is CCCCCCCCCC/C=C\CCCCCCCCCCCCCC(=O)OC(COC(=O)CCCCCCC)COC(=O)CCCCCCCCCCCCCCCCCCCCCCCCCCCCCC. The molecule has 0 N–H and O–H groups in total. The lowest BCUT2D eigenvalue weighted by Crippen LogP contribution is -2.30. The zero-order chi connectivity index (χ0) is 53.6. The summed E-state index contributed by atoms with van der Waals surface area (Å²) in [6, 6.07) is 0. The first kappa shape index (κ1) is 72.2. The Morgan fingerprint density at radius 1 is 0.257 bits per heavy atom. The zero-order valence-electron chi connectivity index (χ0n) is 50.4. The van der Waals surface area contributed by atoms with Crippen molar-refractivity contribution in [3.63, 3.8) is 0 Å². The number of allylic oxidation sites excluding steroid dienone is 2. The molecule has 0 aromatic heterocycles. The van der Waals surface area contributed by atoms with Crippen molar-refractivity contribution in [1.29, 1.82) is 0 Å². The van der Waals surface area contributed by atoms with Crippen molar-refractivity contribution in [1.82, 2.24) is 0 Å². The van der Waals surface area contributed by atoms with E-state index in [1.807, 2.05) is 0 Å². The topological polar surface area (TPSA) is 78.9 Å². The highest BCUT2D eigenvalue weighted by Crippen LogP contribution is 2.19. The van der Waals surface area contributed by atoms with Crippen LogP contribution in [0.2, 0.25) is 0 Å². The lowest BCUT2D eigenvalue weighted by atomic mass is 10.0. The molecule has 0 radical (unpaired) electrons. The number of rotatable bonds is 63. The number of hydrogen-bond donors (Lipinski definition) is 0. The van der Waals surface area contributed by atoms with E-state index in [-0.39, 0.29) is 31.1 Å². The summed E-state index contributed by atoms with van der Waals surface area (Å²) >= 11 is 0. The molecule has 0 spiro atoms. The minimum Gasteiger partial charge on any atom is -0.462 e. The van der Waals surface area contributed by atoms with Crippen molar-refractivity contribution in [2.45, 2.75) is 393 Å². The number of carbonyl (C=O) groups is 3. The molecule has 0 aliphatic heterocycles. The van der Waals surface area contributed by atoms with Gasteiger partial charge in [0.1, 0.15) is 13.2 Å². The van der Waals surface area contributed by atoms with Crippen molar-refractivity contribution in [3.05, 3.63) is 12.2 Å². The largest absolute Gasteiger partial charge is 0.462 e. The van der Waals surface area contributed by atoms with Gasteiger partial charge in [0, 0.05) is 19.3 Å². The predicted octanol–water partition coefficient (Wildman–Crippen LogP) is 22.8. The fourth-order valence-corrected chi connectivity index (χ4v) is 10.4. The van der Waals surface area contributed by atoms with E-state index in [4.69, 9.17) is 14.2 Å². The van der Waals surface area contributed by atoms with Crippen molar-refractivity contribution < 1.29 is 28.6 Å². The van der Waals surface area contributed by atoms with Crippen LogP contribution in [0, 0.1) is 0 Å². The van der Waals surface area contributed by atoms with E-state index < -0.39 is 6.10 Å². The van der Waals surface area contributed by atoms with Crippen LogP contribution in [-0.2, 0) is 28.6 Å². The van der Waals surface area contributed by atoms with Crippen molar-refractivity contribution >= 4 is 17.9 Å². The maximum atomic E-state index is 12.8. The highest BCUT2D eigenvalue weighted by Gasteiger charge is 2.19. The van der Waals surface area contributed by atoms with Crippen LogP contribution in [-0.4, -0.2) is 37.2 Å². The Morgan fingerprint density at radius 2 is 0.446 bits per heavy atom. The van der Waals surface area contributed by atoms with Crippen LogP contribution < -0.4 is 0 Å². The first-order valence-corrected chi connectivity index (χ1v) is 33.7. The molecule has 6 nitrogen and oxygen atoms in total. The molecule has 0 fully saturated rings. The quantitative estimate of drug-likeness (QED) is 0.0261. The first-order chi connectivity index (χ1) is 36.5. The fourth-order valence-electron chi connectivity index (χ4n) is 10.4. The molecule has 0 amide bonds. The molecule has 0 saturated carbocycles. The van der Waals surface area contributed by atoms with Gasteiger partial charge in [0.15, 0.2) is 6.10 Å². The molecule has 1 unspecified atom stereocenters. The van der Waals surface area contributed by atoms with Crippen LogP contribution in [0.3, 0.4) is 0 Å². The van der Waals surface area contributed by atoms with Crippen molar-refractivity contribution in [3.8, 4) is 0 Å². The van der Waals surface area contributed by atoms with Gasteiger partial charge in [-0.15, -0.1) is 0 Å². The second-order valence-corrected chi connectivity index (χ2v) is 23.1. The summed E-state index contributed by atoms with van der Waals surface area (Å²) in [5.74, 6) is -0.853. The minimum atomic E-state index is -0.764. The average molecular weight is 1040 g/mol. The van der Waals surface area contributed by atoms with Gasteiger partial charge in [-0.3, -0.25) is 14.4 Å². The minimum absolute atomic E-state index is 0.0651. The molecule has 6 heteroatoms. The van der Waals surface area contributed by atoms with Gasteiger partial charge >= 0.3 is 17.9 Å². The lowest BCUT2D eigenvalue weighted by molar-refractivity contribution is -0.167. The number of ether oxygens (including phenoxy) is 3. The second-order valence-electron chi connectivity index (χ2n) is 23.1. The van der Waals surface area contributed by atoms with Crippen LogP contribution in [0.4, 0.5) is 0 Å². The molecule has 1 atom stereocenters. The highest BCUT2D eigenvalue weighted by atomic mass is 16.6. The third kappa shape index (κ3) is 61.0. The first-order valence-electron chi connectivity index (χ1n) is 33.7. The smallest absolute Gasteiger partial charge is 0.306 e. The summed E-state index contributed by atoms with van der Waals surface area (Å²) in [5, 5.41) is 0. The van der Waals surface area contributed by atoms with Crippen LogP contribution in [0.15, 0.2) is 12.2 Å². The molecule has 0 heterocycles. The van der Waals surface area contributed by atoms with Gasteiger partial charge in [0.05, 0.1) is 0 Å². The van der Waals surface area contributed by atoms with Gasteiger partial charge in [-0.05, 0) is 44.9 Å². The molecule has 0 saturated heterocycles. The predicted molar refractivity (Wildman–Crippen MR) is 321 cm³/mol. The normalized spacial score (nSPS) is 12.0. The summed E-state index contributed by atoms with van der Waals surface area (Å²) in [5.41, 5.74) is 0. The zero-order valence-corrected chi connectivity index (χ0v) is 50.4. The second kappa shape index (κ2) is 63.7. The Kier molecular flexibility index (Phi) is 62.1. The van der Waals surface area contributed by atoms with E-state index in [1.165, 1.54) is 283 Å². The summed E-state index contributed by atoms with van der Waals surface area (Å²) < 4.78 is 16.8. The van der Waals surface area contributed by atoms with E-state index in [0.29, 0.717) is 19.3 Å². The summed E-state index contributed by atoms with van der Waals surface area (Å²) in [4.78, 5) is 37.9. The summed E-state index contributed by atoms with van der Waals surface area (Å²) in [6.07, 6.45) is 75.8. The van der Waals surface area contributed by atoms with E-state index in [1.54, 1.807) is 0 Å². The molecular weight excluding hydrogens is 913 g/mol. The maximum absolute atomic E-state index is 12.8. The number of carbonyl (C=O) groups excluding carboxylic acids is 3. The maximum Gasteiger partial charge on any atom is 0.306 e. The van der Waals surface area contributed by atoms with Gasteiger partial charge < -0.3 is 14.2 Å². The van der Waals surface area contributed by atoms with E-state index in [2.05, 4.69) is 32.9 Å². The van der Waals surface area contributed by atoms with Gasteiger partial charge in [0.25, 0.3) is 0 Å². The standard InChI is InChI=1S/C68H130O6/c1-4-7-10-13-15-17-19-21-23-25-27-29-31-32-33-34-35-37-38-40-42-44-46-48-50-52-55-58-61-67(70)73-64-65(63-72-66(69)60-57-54-12-9-6-3)74-68(71)62-59-56-53-51-49-47-45-43-41-39-36-30-28-26-24-22-20-18-16-14-11-8-5-2/h26,28,65H,4-25,27,29-64H2,1-3H3/b28-26-. The Balaban J connectivity index is 3.93. The van der Waals surface area contributed by atoms with Gasteiger partial charge in [-0.1, -0.05) is 335 Å². The lowest BCUT2D eigenvalue weighted by Gasteiger charge is -2.18. The molecule has 0 bridgehead atoms. The van der Waals surface area contributed by atoms with E-state index in [0.717, 1.165) is 64.2 Å². The van der Waals surface area contributed by atoms with Crippen molar-refractivity contribution in [2.24, 2.45) is 0 Å². The van der Waals surface area contributed by atoms with Gasteiger partial charge in [0.2, 0.25) is 0 Å². The Bertz CT molecular complexity index is 1150. The van der Waals surface area contributed by atoms with Gasteiger partial charge in [-0.2, -0.15) is 0 Å². The molecule has 0 aromatic carbocycles. The molecule has 0 aliphatic carbocycles. The monoisotopic (exact) mass is 1040 g/mol. The average Bonchev–Trinajstić information content (AvgIpc) is 3.40. The molecular formula is C68H130O6. The Hall–Kier alpha value is -1.85. The van der Waals surface area contributed by atoms with Gasteiger partial charge in [-0.25, -0.2) is 0 Å². The van der Waals surface area contributed by atoms with Crippen molar-refractivity contribution in [2.75, 3.05) is 13.2 Å². The fraction of sp³-hybridized carbons (Fsp3) is 0.926. The number of unbranched alkanes of at least 4 members (excludes halogenated alkanes) is 50. The van der Waals surface area contributed by atoms with Crippen LogP contribution in [0.1, 0.15) is 387 Å². The molecule has 0 aromatic rings. The molecule has 438 valence electrons. The Labute approximate surface area is 462 Å². The molecule has 0 rings (SSSR count).